The first-order chi connectivity index (χ1) is 4.93. The summed E-state index contributed by atoms with van der Waals surface area (Å²) in [6.45, 7) is 7.63. The lowest BCUT2D eigenvalue weighted by Crippen LogP contribution is -2.45. The van der Waals surface area contributed by atoms with E-state index in [1.165, 1.54) is 0 Å². The van der Waals surface area contributed by atoms with E-state index >= 15 is 0 Å². The minimum atomic E-state index is -0.299. The number of hydrogen-bond acceptors (Lipinski definition) is 3. The zero-order valence-corrected chi connectivity index (χ0v) is 7.77. The number of hydrogen-bond donors (Lipinski definition) is 2. The van der Waals surface area contributed by atoms with E-state index < -0.39 is 0 Å². The van der Waals surface area contributed by atoms with Crippen molar-refractivity contribution in [1.29, 1.82) is 0 Å². The van der Waals surface area contributed by atoms with Crippen LogP contribution < -0.4 is 11.3 Å². The number of hydrazine groups is 1. The molecule has 1 atom stereocenters. The van der Waals surface area contributed by atoms with E-state index in [0.717, 1.165) is 6.42 Å². The van der Waals surface area contributed by atoms with Gasteiger partial charge in [-0.05, 0) is 6.42 Å². The van der Waals surface area contributed by atoms with Gasteiger partial charge in [0.2, 0.25) is 0 Å². The third kappa shape index (κ3) is 2.99. The van der Waals surface area contributed by atoms with Crippen LogP contribution in [0.3, 0.4) is 0 Å². The monoisotopic (exact) mass is 158 g/mol. The van der Waals surface area contributed by atoms with Crippen molar-refractivity contribution in [3.05, 3.63) is 0 Å². The molecule has 0 aliphatic rings. The SMILES string of the molecule is CCC(NN)C(=O)C(C)(C)C. The fourth-order valence-electron chi connectivity index (χ4n) is 0.902. The molecule has 0 fully saturated rings. The molecular formula is C8H18N2O. The molecule has 0 bridgehead atoms. The first-order valence-electron chi connectivity index (χ1n) is 3.94. The smallest absolute Gasteiger partial charge is 0.156 e. The van der Waals surface area contributed by atoms with E-state index in [9.17, 15) is 4.79 Å². The van der Waals surface area contributed by atoms with Crippen LogP contribution >= 0.6 is 0 Å². The van der Waals surface area contributed by atoms with Crippen LogP contribution in [0.1, 0.15) is 34.1 Å². The second-order valence-electron chi connectivity index (χ2n) is 3.74. The lowest BCUT2D eigenvalue weighted by atomic mass is 9.86. The largest absolute Gasteiger partial charge is 0.297 e. The summed E-state index contributed by atoms with van der Waals surface area (Å²) in [5.41, 5.74) is 2.21. The third-order valence-electron chi connectivity index (χ3n) is 1.67. The predicted molar refractivity (Wildman–Crippen MR) is 45.9 cm³/mol. The highest BCUT2D eigenvalue weighted by Gasteiger charge is 2.27. The van der Waals surface area contributed by atoms with Crippen molar-refractivity contribution in [1.82, 2.24) is 5.43 Å². The summed E-state index contributed by atoms with van der Waals surface area (Å²) in [7, 11) is 0. The average Bonchev–Trinajstić information content (AvgIpc) is 1.88. The average molecular weight is 158 g/mol. The van der Waals surface area contributed by atoms with Crippen molar-refractivity contribution in [2.24, 2.45) is 11.3 Å². The highest BCUT2D eigenvalue weighted by molar-refractivity contribution is 5.88. The maximum atomic E-state index is 11.5. The molecule has 1 unspecified atom stereocenters. The molecule has 11 heavy (non-hydrogen) atoms. The van der Waals surface area contributed by atoms with Crippen LogP contribution in [0.25, 0.3) is 0 Å². The Morgan fingerprint density at radius 3 is 2.09 bits per heavy atom. The Hall–Kier alpha value is -0.410. The van der Waals surface area contributed by atoms with Crippen LogP contribution in [0, 0.1) is 5.41 Å². The van der Waals surface area contributed by atoms with Gasteiger partial charge < -0.3 is 0 Å². The van der Waals surface area contributed by atoms with Gasteiger partial charge in [-0.25, -0.2) is 5.43 Å². The van der Waals surface area contributed by atoms with E-state index in [1.54, 1.807) is 0 Å². The van der Waals surface area contributed by atoms with Gasteiger partial charge >= 0.3 is 0 Å². The molecule has 0 radical (unpaired) electrons. The first kappa shape index (κ1) is 10.6. The molecule has 0 aliphatic carbocycles. The van der Waals surface area contributed by atoms with E-state index in [4.69, 9.17) is 5.84 Å². The molecule has 0 amide bonds. The van der Waals surface area contributed by atoms with E-state index in [1.807, 2.05) is 27.7 Å². The van der Waals surface area contributed by atoms with Gasteiger partial charge in [0.05, 0.1) is 6.04 Å². The Kier molecular flexibility index (Phi) is 3.69. The summed E-state index contributed by atoms with van der Waals surface area (Å²) in [5.74, 6) is 5.38. The molecule has 66 valence electrons. The molecule has 0 saturated carbocycles. The predicted octanol–water partition coefficient (Wildman–Crippen LogP) is 0.843. The molecule has 0 saturated heterocycles. The lowest BCUT2D eigenvalue weighted by Gasteiger charge is -2.22. The number of carbonyl (C=O) groups is 1. The summed E-state index contributed by atoms with van der Waals surface area (Å²) >= 11 is 0. The normalized spacial score (nSPS) is 14.6. The van der Waals surface area contributed by atoms with Gasteiger partial charge in [-0.1, -0.05) is 27.7 Å². The van der Waals surface area contributed by atoms with Crippen LogP contribution in [0.2, 0.25) is 0 Å². The summed E-state index contributed by atoms with van der Waals surface area (Å²) in [4.78, 5) is 11.5. The highest BCUT2D eigenvalue weighted by atomic mass is 16.1. The number of carbonyl (C=O) groups excluding carboxylic acids is 1. The van der Waals surface area contributed by atoms with E-state index in [2.05, 4.69) is 5.43 Å². The molecule has 0 heterocycles. The van der Waals surface area contributed by atoms with Gasteiger partial charge in [0.25, 0.3) is 0 Å². The molecular weight excluding hydrogens is 140 g/mol. The topological polar surface area (TPSA) is 55.1 Å². The van der Waals surface area contributed by atoms with Crippen molar-refractivity contribution >= 4 is 5.78 Å². The molecule has 0 rings (SSSR count). The number of Topliss-reactive ketones (excluding diaryl/α,β-unsaturated/α-hetero) is 1. The number of rotatable bonds is 3. The minimum absolute atomic E-state index is 0.169. The fraction of sp³-hybridized carbons (Fsp3) is 0.875. The Labute approximate surface area is 68.3 Å². The molecule has 0 aromatic carbocycles. The molecule has 3 nitrogen and oxygen atoms in total. The molecule has 3 N–H and O–H groups in total. The summed E-state index contributed by atoms with van der Waals surface area (Å²) in [6, 6.07) is -0.199. The Morgan fingerprint density at radius 2 is 2.00 bits per heavy atom. The van der Waals surface area contributed by atoms with Gasteiger partial charge in [0.1, 0.15) is 0 Å². The van der Waals surface area contributed by atoms with Crippen molar-refractivity contribution < 1.29 is 4.79 Å². The van der Waals surface area contributed by atoms with Crippen molar-refractivity contribution in [2.75, 3.05) is 0 Å². The molecule has 0 aliphatic heterocycles. The summed E-state index contributed by atoms with van der Waals surface area (Å²) in [6.07, 6.45) is 0.743. The van der Waals surface area contributed by atoms with Gasteiger partial charge in [0, 0.05) is 5.41 Å². The number of nitrogens with two attached hydrogens (primary N) is 1. The van der Waals surface area contributed by atoms with E-state index in [0.29, 0.717) is 0 Å². The molecule has 0 aromatic rings. The maximum Gasteiger partial charge on any atom is 0.156 e. The zero-order valence-electron chi connectivity index (χ0n) is 7.77. The quantitative estimate of drug-likeness (QED) is 0.473. The molecule has 0 spiro atoms. The van der Waals surface area contributed by atoms with Crippen LogP contribution in [0.15, 0.2) is 0 Å². The molecule has 0 aromatic heterocycles. The standard InChI is InChI=1S/C8H18N2O/c1-5-6(10-9)7(11)8(2,3)4/h6,10H,5,9H2,1-4H3. The molecule has 3 heteroatoms. The van der Waals surface area contributed by atoms with Crippen LogP contribution in [-0.4, -0.2) is 11.8 Å². The fourth-order valence-corrected chi connectivity index (χ4v) is 0.902. The van der Waals surface area contributed by atoms with Crippen LogP contribution in [-0.2, 0) is 4.79 Å². The van der Waals surface area contributed by atoms with Crippen LogP contribution in [0.5, 0.6) is 0 Å². The maximum absolute atomic E-state index is 11.5. The van der Waals surface area contributed by atoms with Gasteiger partial charge in [-0.2, -0.15) is 0 Å². The van der Waals surface area contributed by atoms with Gasteiger partial charge in [-0.15, -0.1) is 0 Å². The van der Waals surface area contributed by atoms with Gasteiger partial charge in [0.15, 0.2) is 5.78 Å². The highest BCUT2D eigenvalue weighted by Crippen LogP contribution is 2.17. The Bertz CT molecular complexity index is 134. The van der Waals surface area contributed by atoms with Crippen molar-refractivity contribution in [2.45, 2.75) is 40.2 Å². The number of nitrogens with one attached hydrogen (secondary N) is 1. The summed E-state index contributed by atoms with van der Waals surface area (Å²) < 4.78 is 0. The second-order valence-corrected chi connectivity index (χ2v) is 3.74. The van der Waals surface area contributed by atoms with Gasteiger partial charge in [-0.3, -0.25) is 10.6 Å². The zero-order chi connectivity index (χ0) is 9.07. The van der Waals surface area contributed by atoms with Crippen LogP contribution in [0.4, 0.5) is 0 Å². The third-order valence-corrected chi connectivity index (χ3v) is 1.67. The first-order valence-corrected chi connectivity index (χ1v) is 3.94. The summed E-state index contributed by atoms with van der Waals surface area (Å²) in [5, 5.41) is 0. The van der Waals surface area contributed by atoms with Crippen molar-refractivity contribution in [3.63, 3.8) is 0 Å². The van der Waals surface area contributed by atoms with Crippen molar-refractivity contribution in [3.8, 4) is 0 Å². The lowest BCUT2D eigenvalue weighted by molar-refractivity contribution is -0.128. The van der Waals surface area contributed by atoms with E-state index in [-0.39, 0.29) is 17.2 Å². The Balaban J connectivity index is 4.22. The minimum Gasteiger partial charge on any atom is -0.297 e. The number of ketones is 1. The second kappa shape index (κ2) is 3.83. The Morgan fingerprint density at radius 1 is 1.55 bits per heavy atom.